The van der Waals surface area contributed by atoms with Gasteiger partial charge in [-0.2, -0.15) is 0 Å². The lowest BCUT2D eigenvalue weighted by Crippen LogP contribution is -2.16. The van der Waals surface area contributed by atoms with Crippen molar-refractivity contribution in [2.75, 3.05) is 0 Å². The minimum absolute atomic E-state index is 0.129. The molecule has 0 amide bonds. The quantitative estimate of drug-likeness (QED) is 0.727. The molecule has 1 unspecified atom stereocenters. The molecule has 1 atom stereocenters. The molecule has 0 aliphatic heterocycles. The van der Waals surface area contributed by atoms with Gasteiger partial charge >= 0.3 is 0 Å². The molecule has 2 rings (SSSR count). The summed E-state index contributed by atoms with van der Waals surface area (Å²) in [5.41, 5.74) is 1.05. The third-order valence-corrected chi connectivity index (χ3v) is 3.21. The van der Waals surface area contributed by atoms with E-state index in [1.54, 1.807) is 0 Å². The molecular formula is C14H15ClO. The number of ketones is 1. The van der Waals surface area contributed by atoms with Gasteiger partial charge in [0.05, 0.1) is 0 Å². The molecule has 1 aliphatic rings. The van der Waals surface area contributed by atoms with E-state index in [0.717, 1.165) is 24.8 Å². The largest absolute Gasteiger partial charge is 0.299 e. The summed E-state index contributed by atoms with van der Waals surface area (Å²) in [6.07, 6.45) is 7.95. The van der Waals surface area contributed by atoms with E-state index in [-0.39, 0.29) is 5.92 Å². The molecule has 1 aromatic rings. The molecule has 0 radical (unpaired) electrons. The van der Waals surface area contributed by atoms with Gasteiger partial charge < -0.3 is 0 Å². The fourth-order valence-electron chi connectivity index (χ4n) is 2.02. The first-order valence-electron chi connectivity index (χ1n) is 5.69. The maximum Gasteiger partial charge on any atom is 0.144 e. The second-order valence-electron chi connectivity index (χ2n) is 4.24. The number of benzene rings is 1. The molecule has 1 aliphatic carbocycles. The topological polar surface area (TPSA) is 17.1 Å². The Labute approximate surface area is 101 Å². The van der Waals surface area contributed by atoms with Crippen LogP contribution in [0.3, 0.4) is 0 Å². The predicted molar refractivity (Wildman–Crippen MR) is 66.6 cm³/mol. The third kappa shape index (κ3) is 2.96. The summed E-state index contributed by atoms with van der Waals surface area (Å²) in [6, 6.07) is 7.52. The number of carbonyl (C=O) groups excluding carboxylic acids is 1. The minimum Gasteiger partial charge on any atom is -0.299 e. The summed E-state index contributed by atoms with van der Waals surface area (Å²) in [5, 5.41) is 0.716. The van der Waals surface area contributed by atoms with Gasteiger partial charge in [0.15, 0.2) is 0 Å². The first-order valence-corrected chi connectivity index (χ1v) is 6.07. The normalized spacial score (nSPS) is 19.7. The molecule has 84 valence electrons. The number of halogens is 1. The van der Waals surface area contributed by atoms with E-state index in [4.69, 9.17) is 11.6 Å². The molecule has 0 aromatic heterocycles. The fourth-order valence-corrected chi connectivity index (χ4v) is 2.14. The lowest BCUT2D eigenvalue weighted by molar-refractivity contribution is -0.121. The molecule has 0 saturated carbocycles. The molecule has 1 nitrogen and oxygen atoms in total. The molecule has 0 N–H and O–H groups in total. The number of hydrogen-bond acceptors (Lipinski definition) is 1. The molecule has 0 spiro atoms. The maximum atomic E-state index is 12.0. The SMILES string of the molecule is O=C(Cc1ccc(Cl)cc1)C1C=CCCC1. The van der Waals surface area contributed by atoms with E-state index in [1.165, 1.54) is 0 Å². The number of carbonyl (C=O) groups is 1. The highest BCUT2D eigenvalue weighted by molar-refractivity contribution is 6.30. The molecule has 0 saturated heterocycles. The van der Waals surface area contributed by atoms with Crippen molar-refractivity contribution in [1.29, 1.82) is 0 Å². The van der Waals surface area contributed by atoms with E-state index in [2.05, 4.69) is 12.2 Å². The van der Waals surface area contributed by atoms with Crippen molar-refractivity contribution in [3.63, 3.8) is 0 Å². The number of allylic oxidation sites excluding steroid dienone is 2. The van der Waals surface area contributed by atoms with Crippen LogP contribution in [0.1, 0.15) is 24.8 Å². The summed E-state index contributed by atoms with van der Waals surface area (Å²) in [4.78, 5) is 12.0. The van der Waals surface area contributed by atoms with E-state index >= 15 is 0 Å². The Balaban J connectivity index is 1.98. The first-order chi connectivity index (χ1) is 7.75. The molecule has 0 heterocycles. The average Bonchev–Trinajstić information content (AvgIpc) is 2.33. The Morgan fingerprint density at radius 1 is 1.31 bits per heavy atom. The van der Waals surface area contributed by atoms with E-state index in [0.29, 0.717) is 17.2 Å². The van der Waals surface area contributed by atoms with Crippen LogP contribution in [-0.4, -0.2) is 5.78 Å². The van der Waals surface area contributed by atoms with Gasteiger partial charge in [-0.1, -0.05) is 35.9 Å². The van der Waals surface area contributed by atoms with Crippen LogP contribution < -0.4 is 0 Å². The van der Waals surface area contributed by atoms with Crippen molar-refractivity contribution in [2.45, 2.75) is 25.7 Å². The minimum atomic E-state index is 0.129. The highest BCUT2D eigenvalue weighted by Crippen LogP contribution is 2.20. The second kappa shape index (κ2) is 5.31. The number of hydrogen-bond donors (Lipinski definition) is 0. The highest BCUT2D eigenvalue weighted by atomic mass is 35.5. The Morgan fingerprint density at radius 2 is 2.06 bits per heavy atom. The summed E-state index contributed by atoms with van der Waals surface area (Å²) in [7, 11) is 0. The summed E-state index contributed by atoms with van der Waals surface area (Å²) in [5.74, 6) is 0.447. The van der Waals surface area contributed by atoms with Crippen LogP contribution in [0, 0.1) is 5.92 Å². The van der Waals surface area contributed by atoms with Crippen molar-refractivity contribution in [3.8, 4) is 0 Å². The molecule has 0 bridgehead atoms. The zero-order chi connectivity index (χ0) is 11.4. The maximum absolute atomic E-state index is 12.0. The van der Waals surface area contributed by atoms with Gasteiger partial charge in [-0.05, 0) is 37.0 Å². The summed E-state index contributed by atoms with van der Waals surface area (Å²) < 4.78 is 0. The van der Waals surface area contributed by atoms with Gasteiger partial charge in [-0.15, -0.1) is 0 Å². The van der Waals surface area contributed by atoms with Gasteiger partial charge in [-0.3, -0.25) is 4.79 Å². The van der Waals surface area contributed by atoms with Crippen molar-refractivity contribution >= 4 is 17.4 Å². The highest BCUT2D eigenvalue weighted by Gasteiger charge is 2.17. The van der Waals surface area contributed by atoms with E-state index < -0.39 is 0 Å². The molecule has 16 heavy (non-hydrogen) atoms. The smallest absolute Gasteiger partial charge is 0.144 e. The van der Waals surface area contributed by atoms with Crippen molar-refractivity contribution in [3.05, 3.63) is 47.0 Å². The zero-order valence-electron chi connectivity index (χ0n) is 9.16. The average molecular weight is 235 g/mol. The van der Waals surface area contributed by atoms with Gasteiger partial charge in [0.1, 0.15) is 5.78 Å². The molecule has 0 fully saturated rings. The molecule has 2 heteroatoms. The summed E-state index contributed by atoms with van der Waals surface area (Å²) in [6.45, 7) is 0. The monoisotopic (exact) mass is 234 g/mol. The van der Waals surface area contributed by atoms with Crippen molar-refractivity contribution < 1.29 is 4.79 Å². The zero-order valence-corrected chi connectivity index (χ0v) is 9.91. The number of Topliss-reactive ketones (excluding diaryl/α,β-unsaturated/α-hetero) is 1. The second-order valence-corrected chi connectivity index (χ2v) is 4.67. The van der Waals surface area contributed by atoms with Gasteiger partial charge in [0.25, 0.3) is 0 Å². The Bertz CT molecular complexity index is 392. The van der Waals surface area contributed by atoms with Crippen LogP contribution in [0.4, 0.5) is 0 Å². The van der Waals surface area contributed by atoms with Crippen molar-refractivity contribution in [1.82, 2.24) is 0 Å². The summed E-state index contributed by atoms with van der Waals surface area (Å²) >= 11 is 5.80. The van der Waals surface area contributed by atoms with Crippen LogP contribution in [0.15, 0.2) is 36.4 Å². The van der Waals surface area contributed by atoms with Crippen LogP contribution in [0.25, 0.3) is 0 Å². The lowest BCUT2D eigenvalue weighted by atomic mass is 9.89. The first kappa shape index (κ1) is 11.4. The standard InChI is InChI=1S/C14H15ClO/c15-13-8-6-11(7-9-13)10-14(16)12-4-2-1-3-5-12/h2,4,6-9,12H,1,3,5,10H2. The van der Waals surface area contributed by atoms with Crippen LogP contribution in [-0.2, 0) is 11.2 Å². The predicted octanol–water partition coefficient (Wildman–Crippen LogP) is 3.81. The molecule has 1 aromatic carbocycles. The number of rotatable bonds is 3. The Hall–Kier alpha value is -1.08. The Kier molecular flexibility index (Phi) is 3.79. The van der Waals surface area contributed by atoms with E-state index in [1.807, 2.05) is 24.3 Å². The van der Waals surface area contributed by atoms with Gasteiger partial charge in [0.2, 0.25) is 0 Å². The molecular weight excluding hydrogens is 220 g/mol. The van der Waals surface area contributed by atoms with Crippen LogP contribution >= 0.6 is 11.6 Å². The van der Waals surface area contributed by atoms with E-state index in [9.17, 15) is 4.79 Å². The fraction of sp³-hybridized carbons (Fsp3) is 0.357. The van der Waals surface area contributed by atoms with Gasteiger partial charge in [0, 0.05) is 17.4 Å². The third-order valence-electron chi connectivity index (χ3n) is 2.96. The van der Waals surface area contributed by atoms with Crippen molar-refractivity contribution in [2.24, 2.45) is 5.92 Å². The van der Waals surface area contributed by atoms with Crippen LogP contribution in [0.2, 0.25) is 5.02 Å². The lowest BCUT2D eigenvalue weighted by Gasteiger charge is -2.14. The Morgan fingerprint density at radius 3 is 2.69 bits per heavy atom. The van der Waals surface area contributed by atoms with Gasteiger partial charge in [-0.25, -0.2) is 0 Å². The van der Waals surface area contributed by atoms with Crippen LogP contribution in [0.5, 0.6) is 0 Å².